The highest BCUT2D eigenvalue weighted by Crippen LogP contribution is 2.30. The maximum Gasteiger partial charge on any atom is 0.258 e. The molecule has 0 saturated carbocycles. The van der Waals surface area contributed by atoms with Gasteiger partial charge >= 0.3 is 0 Å². The third-order valence-corrected chi connectivity index (χ3v) is 4.83. The number of benzene rings is 1. The molecule has 0 radical (unpaired) electrons. The van der Waals surface area contributed by atoms with Crippen LogP contribution in [0.1, 0.15) is 5.82 Å². The number of hydrogen-bond donors (Lipinski definition) is 1. The molecule has 0 bridgehead atoms. The first-order valence-electron chi connectivity index (χ1n) is 5.75. The molecule has 102 valence electrons. The zero-order valence-corrected chi connectivity index (χ0v) is 13.5. The largest absolute Gasteiger partial charge is 0.398 e. The zero-order valence-electron chi connectivity index (χ0n) is 10.2. The van der Waals surface area contributed by atoms with Gasteiger partial charge in [0.2, 0.25) is 0 Å². The average molecular weight is 368 g/mol. The lowest BCUT2D eigenvalue weighted by Gasteiger charge is -2.03. The molecule has 3 aromatic rings. The van der Waals surface area contributed by atoms with Crippen LogP contribution in [0.5, 0.6) is 0 Å². The summed E-state index contributed by atoms with van der Waals surface area (Å²) in [4.78, 5) is 5.38. The van der Waals surface area contributed by atoms with Crippen LogP contribution in [0.4, 0.5) is 5.69 Å². The predicted octanol–water partition coefficient (Wildman–Crippen LogP) is 4.44. The van der Waals surface area contributed by atoms with Crippen LogP contribution < -0.4 is 5.73 Å². The molecule has 2 aromatic heterocycles. The van der Waals surface area contributed by atoms with Gasteiger partial charge in [-0.15, -0.1) is 11.8 Å². The molecule has 4 nitrogen and oxygen atoms in total. The van der Waals surface area contributed by atoms with Crippen LogP contribution in [0.3, 0.4) is 0 Å². The molecule has 0 spiro atoms. The number of nitrogens with zero attached hydrogens (tertiary/aromatic N) is 2. The SMILES string of the molecule is Nc1cc(Br)ccc1SCc1noc(-c2ccsc2)n1. The van der Waals surface area contributed by atoms with Gasteiger partial charge < -0.3 is 10.3 Å². The third kappa shape index (κ3) is 3.05. The lowest BCUT2D eigenvalue weighted by atomic mass is 10.3. The molecule has 0 amide bonds. The number of thiophene rings is 1. The number of nitrogen functional groups attached to an aromatic ring is 1. The van der Waals surface area contributed by atoms with Crippen LogP contribution in [0, 0.1) is 0 Å². The van der Waals surface area contributed by atoms with Crippen molar-refractivity contribution in [2.24, 2.45) is 0 Å². The number of nitrogens with two attached hydrogens (primary N) is 1. The summed E-state index contributed by atoms with van der Waals surface area (Å²) in [6.45, 7) is 0. The van der Waals surface area contributed by atoms with Crippen molar-refractivity contribution in [1.82, 2.24) is 10.1 Å². The predicted molar refractivity (Wildman–Crippen MR) is 85.7 cm³/mol. The molecule has 2 heterocycles. The molecule has 1 aromatic carbocycles. The summed E-state index contributed by atoms with van der Waals surface area (Å²) in [7, 11) is 0. The van der Waals surface area contributed by atoms with Crippen molar-refractivity contribution < 1.29 is 4.52 Å². The van der Waals surface area contributed by atoms with Crippen LogP contribution in [0.2, 0.25) is 0 Å². The molecule has 0 atom stereocenters. The summed E-state index contributed by atoms with van der Waals surface area (Å²) in [6, 6.07) is 7.78. The van der Waals surface area contributed by atoms with Crippen molar-refractivity contribution in [1.29, 1.82) is 0 Å². The monoisotopic (exact) mass is 367 g/mol. The second-order valence-electron chi connectivity index (χ2n) is 4.00. The lowest BCUT2D eigenvalue weighted by Crippen LogP contribution is -1.90. The molecule has 0 fully saturated rings. The molecule has 0 unspecified atom stereocenters. The van der Waals surface area contributed by atoms with Gasteiger partial charge in [0, 0.05) is 20.4 Å². The topological polar surface area (TPSA) is 64.9 Å². The number of thioether (sulfide) groups is 1. The maximum atomic E-state index is 5.95. The first-order valence-corrected chi connectivity index (χ1v) is 8.47. The van der Waals surface area contributed by atoms with Crippen molar-refractivity contribution in [3.8, 4) is 11.5 Å². The van der Waals surface area contributed by atoms with Gasteiger partial charge in [-0.1, -0.05) is 21.1 Å². The van der Waals surface area contributed by atoms with Gasteiger partial charge in [-0.25, -0.2) is 0 Å². The zero-order chi connectivity index (χ0) is 13.9. The highest BCUT2D eigenvalue weighted by Gasteiger charge is 2.10. The fourth-order valence-electron chi connectivity index (χ4n) is 1.61. The fourth-order valence-corrected chi connectivity index (χ4v) is 3.41. The number of rotatable bonds is 4. The Labute approximate surface area is 132 Å². The van der Waals surface area contributed by atoms with E-state index < -0.39 is 0 Å². The molecule has 2 N–H and O–H groups in total. The Morgan fingerprint density at radius 3 is 3.00 bits per heavy atom. The van der Waals surface area contributed by atoms with Crippen molar-refractivity contribution in [3.63, 3.8) is 0 Å². The van der Waals surface area contributed by atoms with Gasteiger partial charge in [0.1, 0.15) is 0 Å². The number of hydrogen-bond acceptors (Lipinski definition) is 6. The Kier molecular flexibility index (Phi) is 4.09. The van der Waals surface area contributed by atoms with E-state index in [9.17, 15) is 0 Å². The summed E-state index contributed by atoms with van der Waals surface area (Å²) in [5.41, 5.74) is 7.66. The van der Waals surface area contributed by atoms with E-state index in [-0.39, 0.29) is 0 Å². The van der Waals surface area contributed by atoms with Crippen LogP contribution in [0.25, 0.3) is 11.5 Å². The Hall–Kier alpha value is -1.31. The van der Waals surface area contributed by atoms with Gasteiger partial charge in [0.25, 0.3) is 5.89 Å². The second-order valence-corrected chi connectivity index (χ2v) is 6.71. The Morgan fingerprint density at radius 1 is 1.35 bits per heavy atom. The highest BCUT2D eigenvalue weighted by atomic mass is 79.9. The van der Waals surface area contributed by atoms with E-state index in [1.54, 1.807) is 23.1 Å². The average Bonchev–Trinajstić information content (AvgIpc) is 3.08. The quantitative estimate of drug-likeness (QED) is 0.545. The number of aromatic nitrogens is 2. The molecular weight excluding hydrogens is 358 g/mol. The third-order valence-electron chi connectivity index (χ3n) is 2.56. The van der Waals surface area contributed by atoms with E-state index in [1.165, 1.54) is 0 Å². The Balaban J connectivity index is 1.70. The molecule has 0 aliphatic carbocycles. The molecule has 20 heavy (non-hydrogen) atoms. The van der Waals surface area contributed by atoms with E-state index in [0.29, 0.717) is 17.5 Å². The smallest absolute Gasteiger partial charge is 0.258 e. The Morgan fingerprint density at radius 2 is 2.25 bits per heavy atom. The molecule has 3 rings (SSSR count). The molecule has 0 saturated heterocycles. The summed E-state index contributed by atoms with van der Waals surface area (Å²) in [5, 5.41) is 7.95. The van der Waals surface area contributed by atoms with E-state index in [2.05, 4.69) is 26.1 Å². The first-order chi connectivity index (χ1) is 9.72. The lowest BCUT2D eigenvalue weighted by molar-refractivity contribution is 0.425. The van der Waals surface area contributed by atoms with Crippen molar-refractivity contribution in [2.45, 2.75) is 10.6 Å². The normalized spacial score (nSPS) is 10.8. The van der Waals surface area contributed by atoms with Crippen LogP contribution in [-0.4, -0.2) is 10.1 Å². The number of anilines is 1. The summed E-state index contributed by atoms with van der Waals surface area (Å²) < 4.78 is 6.21. The Bertz CT molecular complexity index is 712. The number of halogens is 1. The van der Waals surface area contributed by atoms with Crippen molar-refractivity contribution in [2.75, 3.05) is 5.73 Å². The molecule has 0 aliphatic rings. The molecule has 0 aliphatic heterocycles. The molecular formula is C13H10BrN3OS2. The van der Waals surface area contributed by atoms with E-state index in [1.807, 2.05) is 35.0 Å². The van der Waals surface area contributed by atoms with Gasteiger partial charge in [-0.05, 0) is 29.6 Å². The second kappa shape index (κ2) is 5.99. The first kappa shape index (κ1) is 13.7. The van der Waals surface area contributed by atoms with E-state index in [0.717, 1.165) is 20.6 Å². The van der Waals surface area contributed by atoms with Crippen molar-refractivity contribution in [3.05, 3.63) is 45.3 Å². The van der Waals surface area contributed by atoms with Gasteiger partial charge in [0.05, 0.1) is 11.3 Å². The van der Waals surface area contributed by atoms with E-state index in [4.69, 9.17) is 10.3 Å². The minimum Gasteiger partial charge on any atom is -0.398 e. The molecule has 7 heteroatoms. The van der Waals surface area contributed by atoms with Crippen LogP contribution >= 0.6 is 39.0 Å². The van der Waals surface area contributed by atoms with Crippen molar-refractivity contribution >= 4 is 44.7 Å². The summed E-state index contributed by atoms with van der Waals surface area (Å²) >= 11 is 6.58. The summed E-state index contributed by atoms with van der Waals surface area (Å²) in [5.74, 6) is 1.85. The fraction of sp³-hybridized carbons (Fsp3) is 0.0769. The maximum absolute atomic E-state index is 5.95. The van der Waals surface area contributed by atoms with Gasteiger partial charge in [-0.3, -0.25) is 0 Å². The minimum atomic E-state index is 0.561. The standard InChI is InChI=1S/C13H10BrN3OS2/c14-9-1-2-11(10(15)5-9)20-7-12-16-13(18-17-12)8-3-4-19-6-8/h1-6H,7,15H2. The van der Waals surface area contributed by atoms with Crippen LogP contribution in [0.15, 0.2) is 48.9 Å². The van der Waals surface area contributed by atoms with Gasteiger partial charge in [0.15, 0.2) is 5.82 Å². The van der Waals surface area contributed by atoms with E-state index >= 15 is 0 Å². The summed E-state index contributed by atoms with van der Waals surface area (Å²) in [6.07, 6.45) is 0. The minimum absolute atomic E-state index is 0.561. The van der Waals surface area contributed by atoms with Gasteiger partial charge in [-0.2, -0.15) is 16.3 Å². The van der Waals surface area contributed by atoms with Crippen LogP contribution in [-0.2, 0) is 5.75 Å². The highest BCUT2D eigenvalue weighted by molar-refractivity contribution is 9.10.